The van der Waals surface area contributed by atoms with E-state index in [1.807, 2.05) is 87.5 Å². The van der Waals surface area contributed by atoms with E-state index in [2.05, 4.69) is 5.32 Å². The van der Waals surface area contributed by atoms with E-state index in [4.69, 9.17) is 11.6 Å². The van der Waals surface area contributed by atoms with Crippen LogP contribution in [0.3, 0.4) is 0 Å². The number of halogens is 1. The minimum atomic E-state index is -4.20. The Kier molecular flexibility index (Phi) is 11.8. The number of unbranched alkanes of at least 4 members (excludes halogenated alkanes) is 1. The lowest BCUT2D eigenvalue weighted by Crippen LogP contribution is -2.53. The number of amides is 2. The highest BCUT2D eigenvalue weighted by Crippen LogP contribution is 2.27. The number of anilines is 1. The van der Waals surface area contributed by atoms with E-state index in [0.29, 0.717) is 17.3 Å². The predicted octanol–water partition coefficient (Wildman–Crippen LogP) is 6.71. The Hall–Kier alpha value is -4.14. The first-order valence-corrected chi connectivity index (χ1v) is 16.9. The van der Waals surface area contributed by atoms with E-state index in [1.54, 1.807) is 12.1 Å². The average molecular weight is 646 g/mol. The fourth-order valence-corrected chi connectivity index (χ4v) is 6.52. The minimum Gasteiger partial charge on any atom is -0.354 e. The summed E-state index contributed by atoms with van der Waals surface area (Å²) in [7, 11) is -4.20. The van der Waals surface area contributed by atoms with Crippen molar-refractivity contribution in [1.29, 1.82) is 0 Å². The number of hydrogen-bond acceptors (Lipinski definition) is 4. The zero-order chi connectivity index (χ0) is 32.4. The maximum atomic E-state index is 14.5. The molecular weight excluding hydrogens is 606 g/mol. The smallest absolute Gasteiger partial charge is 0.264 e. The van der Waals surface area contributed by atoms with Crippen LogP contribution >= 0.6 is 11.6 Å². The van der Waals surface area contributed by atoms with Crippen molar-refractivity contribution >= 4 is 39.1 Å². The predicted molar refractivity (Wildman–Crippen MR) is 181 cm³/mol. The number of nitrogens with one attached hydrogen (secondary N) is 1. The molecular formula is C36H40ClN3O4S. The Labute approximate surface area is 271 Å². The fourth-order valence-electron chi connectivity index (χ4n) is 4.98. The Morgan fingerprint density at radius 2 is 1.44 bits per heavy atom. The Balaban J connectivity index is 1.79. The Morgan fingerprint density at radius 1 is 0.822 bits per heavy atom. The first-order valence-electron chi connectivity index (χ1n) is 15.1. The van der Waals surface area contributed by atoms with E-state index in [0.717, 1.165) is 39.4 Å². The Bertz CT molecular complexity index is 1680. The first kappa shape index (κ1) is 33.7. The molecule has 45 heavy (non-hydrogen) atoms. The minimum absolute atomic E-state index is 0.00526. The second kappa shape index (κ2) is 15.7. The summed E-state index contributed by atoms with van der Waals surface area (Å²) in [5, 5.41) is 3.41. The zero-order valence-corrected chi connectivity index (χ0v) is 27.5. The van der Waals surface area contributed by atoms with Gasteiger partial charge in [0.15, 0.2) is 0 Å². The van der Waals surface area contributed by atoms with Crippen molar-refractivity contribution in [3.05, 3.63) is 130 Å². The van der Waals surface area contributed by atoms with Gasteiger partial charge < -0.3 is 10.2 Å². The molecule has 7 nitrogen and oxygen atoms in total. The summed E-state index contributed by atoms with van der Waals surface area (Å²) in [6, 6.07) is 29.2. The van der Waals surface area contributed by atoms with Crippen molar-refractivity contribution in [2.45, 2.75) is 57.5 Å². The van der Waals surface area contributed by atoms with E-state index >= 15 is 0 Å². The van der Waals surface area contributed by atoms with Gasteiger partial charge in [-0.25, -0.2) is 8.42 Å². The molecule has 0 radical (unpaired) electrons. The van der Waals surface area contributed by atoms with Crippen molar-refractivity contribution < 1.29 is 18.0 Å². The molecule has 0 saturated heterocycles. The second-order valence-electron chi connectivity index (χ2n) is 11.1. The number of nitrogens with zero attached hydrogens (tertiary/aromatic N) is 2. The van der Waals surface area contributed by atoms with E-state index in [1.165, 1.54) is 29.2 Å². The van der Waals surface area contributed by atoms with Crippen LogP contribution < -0.4 is 9.62 Å². The summed E-state index contributed by atoms with van der Waals surface area (Å²) in [5.41, 5.74) is 3.94. The molecule has 0 aliphatic heterocycles. The number of benzene rings is 4. The third-order valence-electron chi connectivity index (χ3n) is 7.76. The van der Waals surface area contributed by atoms with Crippen molar-refractivity contribution in [3.8, 4) is 0 Å². The molecule has 4 rings (SSSR count). The number of carbonyl (C=O) groups is 2. The number of hydrogen-bond donors (Lipinski definition) is 1. The number of aryl methyl sites for hydroxylation is 2. The lowest BCUT2D eigenvalue weighted by atomic mass is 10.0. The number of sulfonamides is 1. The lowest BCUT2D eigenvalue weighted by molar-refractivity contribution is -0.140. The van der Waals surface area contributed by atoms with Crippen molar-refractivity contribution in [2.75, 3.05) is 17.4 Å². The van der Waals surface area contributed by atoms with Crippen LogP contribution in [0.4, 0.5) is 5.69 Å². The molecule has 0 saturated carbocycles. The molecule has 4 aromatic rings. The van der Waals surface area contributed by atoms with Crippen LogP contribution in [-0.2, 0) is 32.6 Å². The van der Waals surface area contributed by atoms with E-state index in [-0.39, 0.29) is 23.8 Å². The van der Waals surface area contributed by atoms with Gasteiger partial charge in [0.25, 0.3) is 10.0 Å². The van der Waals surface area contributed by atoms with Crippen LogP contribution in [0.15, 0.2) is 108 Å². The standard InChI is InChI=1S/C36H40ClN3O4S/c1-4-5-22-38-36(42)34(24-29-12-8-6-9-13-29)39(25-30-14-10-7-11-15-30)35(41)26-40(32-19-16-27(2)28(3)23-32)45(43,44)33-20-17-31(37)18-21-33/h6-21,23,34H,4-5,22,24-26H2,1-3H3,(H,38,42)/t34-/m1/s1. The summed E-state index contributed by atoms with van der Waals surface area (Å²) in [6.45, 7) is 5.98. The van der Waals surface area contributed by atoms with Gasteiger partial charge in [-0.05, 0) is 78.9 Å². The largest absolute Gasteiger partial charge is 0.354 e. The summed E-state index contributed by atoms with van der Waals surface area (Å²) >= 11 is 6.07. The normalized spacial score (nSPS) is 11.9. The van der Waals surface area contributed by atoms with E-state index < -0.39 is 28.5 Å². The summed E-state index contributed by atoms with van der Waals surface area (Å²) in [5.74, 6) is -0.781. The molecule has 0 unspecified atom stereocenters. The van der Waals surface area contributed by atoms with Gasteiger partial charge in [0, 0.05) is 24.5 Å². The highest BCUT2D eigenvalue weighted by Gasteiger charge is 2.34. The van der Waals surface area contributed by atoms with Gasteiger partial charge in [0.05, 0.1) is 10.6 Å². The van der Waals surface area contributed by atoms with Crippen molar-refractivity contribution in [3.63, 3.8) is 0 Å². The molecule has 0 aromatic heterocycles. The molecule has 0 heterocycles. The molecule has 0 aliphatic carbocycles. The average Bonchev–Trinajstić information content (AvgIpc) is 3.04. The van der Waals surface area contributed by atoms with Gasteiger partial charge in [0.2, 0.25) is 11.8 Å². The van der Waals surface area contributed by atoms with Gasteiger partial charge >= 0.3 is 0 Å². The van der Waals surface area contributed by atoms with Crippen LogP contribution in [-0.4, -0.2) is 44.3 Å². The van der Waals surface area contributed by atoms with Gasteiger partial charge in [-0.1, -0.05) is 91.7 Å². The molecule has 4 aromatic carbocycles. The van der Waals surface area contributed by atoms with Gasteiger partial charge in [-0.2, -0.15) is 0 Å². The topological polar surface area (TPSA) is 86.8 Å². The molecule has 1 atom stereocenters. The van der Waals surface area contributed by atoms with E-state index in [9.17, 15) is 18.0 Å². The zero-order valence-electron chi connectivity index (χ0n) is 25.9. The summed E-state index contributed by atoms with van der Waals surface area (Å²) in [4.78, 5) is 29.8. The first-order chi connectivity index (χ1) is 21.6. The van der Waals surface area contributed by atoms with Crippen LogP contribution in [0.25, 0.3) is 0 Å². The molecule has 1 N–H and O–H groups in total. The quantitative estimate of drug-likeness (QED) is 0.155. The van der Waals surface area contributed by atoms with Gasteiger partial charge in [0.1, 0.15) is 12.6 Å². The Morgan fingerprint density at radius 3 is 2.04 bits per heavy atom. The maximum absolute atomic E-state index is 14.5. The van der Waals surface area contributed by atoms with Crippen molar-refractivity contribution in [2.24, 2.45) is 0 Å². The third-order valence-corrected chi connectivity index (χ3v) is 9.80. The highest BCUT2D eigenvalue weighted by molar-refractivity contribution is 7.92. The highest BCUT2D eigenvalue weighted by atomic mass is 35.5. The molecule has 0 spiro atoms. The van der Waals surface area contributed by atoms with Gasteiger partial charge in [-0.3, -0.25) is 13.9 Å². The van der Waals surface area contributed by atoms with Crippen LogP contribution in [0.1, 0.15) is 42.0 Å². The van der Waals surface area contributed by atoms with Gasteiger partial charge in [-0.15, -0.1) is 0 Å². The molecule has 2 amide bonds. The molecule has 0 bridgehead atoms. The number of carbonyl (C=O) groups excluding carboxylic acids is 2. The summed E-state index contributed by atoms with van der Waals surface area (Å²) < 4.78 is 29.4. The maximum Gasteiger partial charge on any atom is 0.264 e. The van der Waals surface area contributed by atoms with Crippen molar-refractivity contribution in [1.82, 2.24) is 10.2 Å². The third kappa shape index (κ3) is 8.96. The second-order valence-corrected chi connectivity index (χ2v) is 13.4. The SMILES string of the molecule is CCCCNC(=O)[C@@H](Cc1ccccc1)N(Cc1ccccc1)C(=O)CN(c1ccc(C)c(C)c1)S(=O)(=O)c1ccc(Cl)cc1. The lowest BCUT2D eigenvalue weighted by Gasteiger charge is -2.34. The molecule has 9 heteroatoms. The number of rotatable bonds is 14. The van der Waals surface area contributed by atoms with Crippen LogP contribution in [0.5, 0.6) is 0 Å². The monoisotopic (exact) mass is 645 g/mol. The molecule has 236 valence electrons. The van der Waals surface area contributed by atoms with Crippen LogP contribution in [0.2, 0.25) is 5.02 Å². The fraction of sp³-hybridized carbons (Fsp3) is 0.278. The molecule has 0 fully saturated rings. The summed E-state index contributed by atoms with van der Waals surface area (Å²) in [6.07, 6.45) is 1.98. The van der Waals surface area contributed by atoms with Crippen LogP contribution in [0, 0.1) is 13.8 Å². The molecule has 0 aliphatic rings.